The molecule has 0 aliphatic heterocycles. The molecule has 1 aromatic carbocycles. The lowest BCUT2D eigenvalue weighted by atomic mass is 10.2. The van der Waals surface area contributed by atoms with E-state index < -0.39 is 0 Å². The highest BCUT2D eigenvalue weighted by Gasteiger charge is 2.10. The number of para-hydroxylation sites is 2. The van der Waals surface area contributed by atoms with Crippen molar-refractivity contribution in [3.8, 4) is 17.9 Å². The Hall–Kier alpha value is -2.20. The second kappa shape index (κ2) is 7.14. The van der Waals surface area contributed by atoms with Gasteiger partial charge in [-0.05, 0) is 12.1 Å². The average molecular weight is 229 g/mol. The number of ether oxygens (including phenoxy) is 1. The Kier molecular flexibility index (Phi) is 5.40. The molecule has 0 saturated heterocycles. The van der Waals surface area contributed by atoms with Gasteiger partial charge in [-0.15, -0.1) is 0 Å². The Morgan fingerprint density at radius 2 is 1.71 bits per heavy atom. The van der Waals surface area contributed by atoms with Crippen LogP contribution in [0.4, 0.5) is 5.69 Å². The molecule has 0 spiro atoms. The van der Waals surface area contributed by atoms with E-state index in [9.17, 15) is 0 Å². The van der Waals surface area contributed by atoms with Crippen molar-refractivity contribution in [3.05, 3.63) is 24.3 Å². The zero-order chi connectivity index (χ0) is 12.5. The minimum absolute atomic E-state index is 0.434. The molecule has 0 aromatic heterocycles. The first-order valence-electron chi connectivity index (χ1n) is 5.45. The van der Waals surface area contributed by atoms with Crippen molar-refractivity contribution in [1.29, 1.82) is 10.5 Å². The molecule has 0 saturated carbocycles. The SMILES string of the molecule is COc1ccccc1N(CCC#N)CCC#N. The maximum absolute atomic E-state index is 8.64. The Labute approximate surface area is 102 Å². The summed E-state index contributed by atoms with van der Waals surface area (Å²) in [6.45, 7) is 1.22. The van der Waals surface area contributed by atoms with E-state index in [1.165, 1.54) is 0 Å². The van der Waals surface area contributed by atoms with Crippen molar-refractivity contribution in [3.63, 3.8) is 0 Å². The van der Waals surface area contributed by atoms with Gasteiger partial charge in [0.15, 0.2) is 0 Å². The predicted molar refractivity (Wildman–Crippen MR) is 65.7 cm³/mol. The minimum atomic E-state index is 0.434. The Bertz CT molecular complexity index is 413. The number of anilines is 1. The predicted octanol–water partition coefficient (Wildman–Crippen LogP) is 2.33. The number of rotatable bonds is 6. The van der Waals surface area contributed by atoms with Gasteiger partial charge in [0.2, 0.25) is 0 Å². The van der Waals surface area contributed by atoms with Crippen molar-refractivity contribution < 1.29 is 4.74 Å². The van der Waals surface area contributed by atoms with Crippen LogP contribution in [0.3, 0.4) is 0 Å². The van der Waals surface area contributed by atoms with Gasteiger partial charge in [0.05, 0.1) is 37.8 Å². The summed E-state index contributed by atoms with van der Waals surface area (Å²) >= 11 is 0. The first-order chi connectivity index (χ1) is 8.33. The highest BCUT2D eigenvalue weighted by molar-refractivity contribution is 5.58. The van der Waals surface area contributed by atoms with Gasteiger partial charge in [0, 0.05) is 13.1 Å². The van der Waals surface area contributed by atoms with E-state index in [2.05, 4.69) is 12.1 Å². The minimum Gasteiger partial charge on any atom is -0.495 e. The maximum atomic E-state index is 8.64. The number of hydrogen-bond acceptors (Lipinski definition) is 4. The summed E-state index contributed by atoms with van der Waals surface area (Å²) in [5.74, 6) is 0.767. The molecule has 0 amide bonds. The number of benzene rings is 1. The molecule has 0 atom stereocenters. The molecule has 0 aliphatic carbocycles. The quantitative estimate of drug-likeness (QED) is 0.751. The van der Waals surface area contributed by atoms with Gasteiger partial charge in [0.1, 0.15) is 5.75 Å². The van der Waals surface area contributed by atoms with Crippen molar-refractivity contribution in [2.75, 3.05) is 25.1 Å². The van der Waals surface area contributed by atoms with Crippen LogP contribution in [0.25, 0.3) is 0 Å². The summed E-state index contributed by atoms with van der Waals surface area (Å²) in [5, 5.41) is 17.3. The average Bonchev–Trinajstić information content (AvgIpc) is 2.39. The van der Waals surface area contributed by atoms with Crippen LogP contribution in [0, 0.1) is 22.7 Å². The van der Waals surface area contributed by atoms with Crippen LogP contribution in [0.5, 0.6) is 5.75 Å². The summed E-state index contributed by atoms with van der Waals surface area (Å²) in [7, 11) is 1.62. The van der Waals surface area contributed by atoms with Crippen molar-refractivity contribution in [2.45, 2.75) is 12.8 Å². The first kappa shape index (κ1) is 12.9. The lowest BCUT2D eigenvalue weighted by molar-refractivity contribution is 0.414. The van der Waals surface area contributed by atoms with E-state index >= 15 is 0 Å². The summed E-state index contributed by atoms with van der Waals surface area (Å²) in [6, 6.07) is 11.9. The van der Waals surface area contributed by atoms with Crippen LogP contribution in [0.2, 0.25) is 0 Å². The molecule has 0 aliphatic rings. The topological polar surface area (TPSA) is 60.0 Å². The van der Waals surface area contributed by atoms with Gasteiger partial charge in [-0.3, -0.25) is 0 Å². The number of nitrogens with zero attached hydrogens (tertiary/aromatic N) is 3. The fraction of sp³-hybridized carbons (Fsp3) is 0.385. The van der Waals surface area contributed by atoms with Crippen LogP contribution < -0.4 is 9.64 Å². The molecule has 88 valence electrons. The molecule has 0 radical (unpaired) electrons. The molecule has 4 heteroatoms. The molecule has 0 fully saturated rings. The lowest BCUT2D eigenvalue weighted by Gasteiger charge is -2.24. The molecular formula is C13H15N3O. The van der Waals surface area contributed by atoms with E-state index in [4.69, 9.17) is 15.3 Å². The second-order valence-corrected chi connectivity index (χ2v) is 3.48. The van der Waals surface area contributed by atoms with Crippen molar-refractivity contribution >= 4 is 5.69 Å². The van der Waals surface area contributed by atoms with Crippen LogP contribution in [0.1, 0.15) is 12.8 Å². The third-order valence-corrected chi connectivity index (χ3v) is 2.41. The van der Waals surface area contributed by atoms with Crippen LogP contribution in [-0.4, -0.2) is 20.2 Å². The molecular weight excluding hydrogens is 214 g/mol. The van der Waals surface area contributed by atoms with Crippen LogP contribution in [-0.2, 0) is 0 Å². The third kappa shape index (κ3) is 3.70. The normalized spacial score (nSPS) is 9.12. The summed E-state index contributed by atoms with van der Waals surface area (Å²) in [5.41, 5.74) is 0.931. The Morgan fingerprint density at radius 1 is 1.12 bits per heavy atom. The van der Waals surface area contributed by atoms with Gasteiger partial charge >= 0.3 is 0 Å². The second-order valence-electron chi connectivity index (χ2n) is 3.48. The fourth-order valence-electron chi connectivity index (χ4n) is 1.61. The first-order valence-corrected chi connectivity index (χ1v) is 5.45. The zero-order valence-electron chi connectivity index (χ0n) is 9.89. The zero-order valence-corrected chi connectivity index (χ0v) is 9.89. The van der Waals surface area contributed by atoms with Crippen molar-refractivity contribution in [2.24, 2.45) is 0 Å². The molecule has 0 heterocycles. The molecule has 4 nitrogen and oxygen atoms in total. The smallest absolute Gasteiger partial charge is 0.142 e. The highest BCUT2D eigenvalue weighted by Crippen LogP contribution is 2.27. The molecule has 0 N–H and O–H groups in total. The molecule has 1 aromatic rings. The van der Waals surface area contributed by atoms with Gasteiger partial charge in [-0.1, -0.05) is 12.1 Å². The Morgan fingerprint density at radius 3 is 2.24 bits per heavy atom. The van der Waals surface area contributed by atoms with Crippen molar-refractivity contribution in [1.82, 2.24) is 0 Å². The number of hydrogen-bond donors (Lipinski definition) is 0. The lowest BCUT2D eigenvalue weighted by Crippen LogP contribution is -2.25. The van der Waals surface area contributed by atoms with Crippen LogP contribution in [0.15, 0.2) is 24.3 Å². The summed E-state index contributed by atoms with van der Waals surface area (Å²) in [4.78, 5) is 2.01. The van der Waals surface area contributed by atoms with Gasteiger partial charge in [-0.2, -0.15) is 10.5 Å². The van der Waals surface area contributed by atoms with E-state index in [-0.39, 0.29) is 0 Å². The highest BCUT2D eigenvalue weighted by atomic mass is 16.5. The molecule has 0 bridgehead atoms. The number of nitriles is 2. The standard InChI is InChI=1S/C13H15N3O/c1-17-13-7-3-2-6-12(13)16(10-4-8-14)11-5-9-15/h2-3,6-7H,4-5,10-11H2,1H3. The Balaban J connectivity index is 2.87. The maximum Gasteiger partial charge on any atom is 0.142 e. The van der Waals surface area contributed by atoms with E-state index in [1.807, 2.05) is 29.2 Å². The molecule has 0 unspecified atom stereocenters. The third-order valence-electron chi connectivity index (χ3n) is 2.41. The summed E-state index contributed by atoms with van der Waals surface area (Å²) in [6.07, 6.45) is 0.868. The van der Waals surface area contributed by atoms with E-state index in [0.717, 1.165) is 11.4 Å². The van der Waals surface area contributed by atoms with E-state index in [0.29, 0.717) is 25.9 Å². The van der Waals surface area contributed by atoms with Gasteiger partial charge in [0.25, 0.3) is 0 Å². The molecule has 17 heavy (non-hydrogen) atoms. The van der Waals surface area contributed by atoms with Crippen LogP contribution >= 0.6 is 0 Å². The van der Waals surface area contributed by atoms with E-state index in [1.54, 1.807) is 7.11 Å². The van der Waals surface area contributed by atoms with Gasteiger partial charge in [-0.25, -0.2) is 0 Å². The number of methoxy groups -OCH3 is 1. The summed E-state index contributed by atoms with van der Waals surface area (Å²) < 4.78 is 5.28. The largest absolute Gasteiger partial charge is 0.495 e. The fourth-order valence-corrected chi connectivity index (χ4v) is 1.61. The molecule has 1 rings (SSSR count). The van der Waals surface area contributed by atoms with Gasteiger partial charge < -0.3 is 9.64 Å². The monoisotopic (exact) mass is 229 g/mol.